The smallest absolute Gasteiger partial charge is 0.125 e. The van der Waals surface area contributed by atoms with Crippen LogP contribution in [0.5, 0.6) is 0 Å². The average Bonchev–Trinajstić information content (AvgIpc) is 3.02. The van der Waals surface area contributed by atoms with Crippen molar-refractivity contribution in [2.24, 2.45) is 5.73 Å². The van der Waals surface area contributed by atoms with Gasteiger partial charge in [0.1, 0.15) is 11.6 Å². The first-order valence-corrected chi connectivity index (χ1v) is 7.15. The number of hydrogen-bond donors (Lipinski definition) is 1. The third kappa shape index (κ3) is 1.86. The number of hydrogen-bond acceptors (Lipinski definition) is 2. The van der Waals surface area contributed by atoms with Crippen LogP contribution >= 0.6 is 0 Å². The molecule has 0 unspecified atom stereocenters. The van der Waals surface area contributed by atoms with Crippen molar-refractivity contribution in [1.82, 2.24) is 9.55 Å². The van der Waals surface area contributed by atoms with Crippen molar-refractivity contribution in [1.29, 1.82) is 0 Å². The summed E-state index contributed by atoms with van der Waals surface area (Å²) in [5, 5.41) is 0. The van der Waals surface area contributed by atoms with Gasteiger partial charge in [-0.3, -0.25) is 0 Å². The van der Waals surface area contributed by atoms with Crippen molar-refractivity contribution in [3.63, 3.8) is 0 Å². The molecule has 0 spiro atoms. The van der Waals surface area contributed by atoms with E-state index in [9.17, 15) is 4.39 Å². The molecular weight excluding hydrogens is 241 g/mol. The Bertz CT molecular complexity index is 630. The Hall–Kier alpha value is -1.42. The normalized spacial score (nSPS) is 27.3. The van der Waals surface area contributed by atoms with Crippen molar-refractivity contribution in [2.45, 2.75) is 50.1 Å². The molecule has 0 radical (unpaired) electrons. The first-order chi connectivity index (χ1) is 9.22. The summed E-state index contributed by atoms with van der Waals surface area (Å²) in [5.74, 6) is 1.38. The maximum atomic E-state index is 13.4. The Morgan fingerprint density at radius 2 is 2.05 bits per heavy atom. The zero-order chi connectivity index (χ0) is 13.0. The van der Waals surface area contributed by atoms with Gasteiger partial charge in [0, 0.05) is 24.1 Å². The molecule has 2 N–H and O–H groups in total. The summed E-state index contributed by atoms with van der Waals surface area (Å²) in [4.78, 5) is 4.72. The lowest BCUT2D eigenvalue weighted by molar-refractivity contribution is 0.591. The first-order valence-electron chi connectivity index (χ1n) is 7.15. The largest absolute Gasteiger partial charge is 0.328 e. The highest BCUT2D eigenvalue weighted by atomic mass is 19.1. The summed E-state index contributed by atoms with van der Waals surface area (Å²) < 4.78 is 15.7. The van der Waals surface area contributed by atoms with Crippen LogP contribution in [0.2, 0.25) is 0 Å². The van der Waals surface area contributed by atoms with Crippen LogP contribution in [0.3, 0.4) is 0 Å². The van der Waals surface area contributed by atoms with E-state index in [1.54, 1.807) is 6.07 Å². The highest BCUT2D eigenvalue weighted by molar-refractivity contribution is 5.76. The summed E-state index contributed by atoms with van der Waals surface area (Å²) >= 11 is 0. The zero-order valence-corrected chi connectivity index (χ0v) is 10.8. The van der Waals surface area contributed by atoms with Gasteiger partial charge in [0.2, 0.25) is 0 Å². The molecule has 19 heavy (non-hydrogen) atoms. The second-order valence-electron chi connectivity index (χ2n) is 5.97. The second-order valence-corrected chi connectivity index (χ2v) is 5.97. The van der Waals surface area contributed by atoms with Gasteiger partial charge in [0.15, 0.2) is 0 Å². The van der Waals surface area contributed by atoms with Gasteiger partial charge in [-0.2, -0.15) is 0 Å². The van der Waals surface area contributed by atoms with Gasteiger partial charge in [0.05, 0.1) is 11.0 Å². The van der Waals surface area contributed by atoms with Crippen LogP contribution in [0.15, 0.2) is 18.2 Å². The van der Waals surface area contributed by atoms with Gasteiger partial charge in [0.25, 0.3) is 0 Å². The highest BCUT2D eigenvalue weighted by Crippen LogP contribution is 2.43. The number of benzene rings is 1. The SMILES string of the molecule is N[C@H]1CC[C@@H](c2nc3cc(F)ccc3n2C2CC2)C1. The third-order valence-electron chi connectivity index (χ3n) is 4.43. The van der Waals surface area contributed by atoms with Crippen LogP contribution in [0.1, 0.15) is 49.9 Å². The molecule has 2 aliphatic carbocycles. The van der Waals surface area contributed by atoms with E-state index < -0.39 is 0 Å². The van der Waals surface area contributed by atoms with E-state index in [1.165, 1.54) is 18.9 Å². The molecule has 100 valence electrons. The van der Waals surface area contributed by atoms with Crippen molar-refractivity contribution in [3.05, 3.63) is 29.8 Å². The van der Waals surface area contributed by atoms with Crippen molar-refractivity contribution < 1.29 is 4.39 Å². The van der Waals surface area contributed by atoms with Gasteiger partial charge < -0.3 is 10.3 Å². The Morgan fingerprint density at radius 1 is 1.21 bits per heavy atom. The number of fused-ring (bicyclic) bond motifs is 1. The molecule has 0 aliphatic heterocycles. The molecule has 1 aromatic carbocycles. The monoisotopic (exact) mass is 259 g/mol. The Labute approximate surface area is 111 Å². The van der Waals surface area contributed by atoms with Crippen LogP contribution in [0.4, 0.5) is 4.39 Å². The van der Waals surface area contributed by atoms with Crippen LogP contribution in [-0.4, -0.2) is 15.6 Å². The molecule has 2 aliphatic rings. The highest BCUT2D eigenvalue weighted by Gasteiger charge is 2.33. The van der Waals surface area contributed by atoms with Gasteiger partial charge in [-0.15, -0.1) is 0 Å². The molecule has 1 aromatic heterocycles. The zero-order valence-electron chi connectivity index (χ0n) is 10.8. The molecule has 4 rings (SSSR count). The maximum absolute atomic E-state index is 13.4. The summed E-state index contributed by atoms with van der Waals surface area (Å²) in [6.45, 7) is 0. The molecule has 2 atom stereocenters. The van der Waals surface area contributed by atoms with E-state index in [4.69, 9.17) is 10.7 Å². The minimum absolute atomic E-state index is 0.206. The fourth-order valence-corrected chi connectivity index (χ4v) is 3.35. The summed E-state index contributed by atoms with van der Waals surface area (Å²) in [6, 6.07) is 5.82. The van der Waals surface area contributed by atoms with Gasteiger partial charge in [-0.25, -0.2) is 9.37 Å². The summed E-state index contributed by atoms with van der Waals surface area (Å²) in [6.07, 6.45) is 5.63. The molecule has 0 amide bonds. The topological polar surface area (TPSA) is 43.8 Å². The number of nitrogens with two attached hydrogens (primary N) is 1. The lowest BCUT2D eigenvalue weighted by atomic mass is 10.1. The second kappa shape index (κ2) is 4.04. The van der Waals surface area contributed by atoms with Crippen LogP contribution in [-0.2, 0) is 0 Å². The van der Waals surface area contributed by atoms with Crippen LogP contribution in [0, 0.1) is 5.82 Å². The molecular formula is C15H18FN3. The van der Waals surface area contributed by atoms with E-state index in [-0.39, 0.29) is 5.82 Å². The molecule has 2 aromatic rings. The van der Waals surface area contributed by atoms with Gasteiger partial charge >= 0.3 is 0 Å². The minimum atomic E-state index is -0.206. The van der Waals surface area contributed by atoms with Gasteiger partial charge in [-0.1, -0.05) is 0 Å². The van der Waals surface area contributed by atoms with Crippen molar-refractivity contribution in [2.75, 3.05) is 0 Å². The van der Waals surface area contributed by atoms with Gasteiger partial charge in [-0.05, 0) is 44.2 Å². The summed E-state index contributed by atoms with van der Waals surface area (Å²) in [7, 11) is 0. The summed E-state index contributed by atoms with van der Waals surface area (Å²) in [5.41, 5.74) is 7.90. The quantitative estimate of drug-likeness (QED) is 0.900. The first kappa shape index (κ1) is 11.4. The lowest BCUT2D eigenvalue weighted by Gasteiger charge is -2.13. The minimum Gasteiger partial charge on any atom is -0.328 e. The lowest BCUT2D eigenvalue weighted by Crippen LogP contribution is -2.15. The van der Waals surface area contributed by atoms with Crippen molar-refractivity contribution in [3.8, 4) is 0 Å². The fourth-order valence-electron chi connectivity index (χ4n) is 3.35. The number of aromatic nitrogens is 2. The van der Waals surface area contributed by atoms with Crippen LogP contribution < -0.4 is 5.73 Å². The molecule has 3 nitrogen and oxygen atoms in total. The molecule has 4 heteroatoms. The number of rotatable bonds is 2. The van der Waals surface area contributed by atoms with E-state index in [2.05, 4.69) is 4.57 Å². The van der Waals surface area contributed by atoms with E-state index in [1.807, 2.05) is 6.07 Å². The molecule has 2 saturated carbocycles. The standard InChI is InChI=1S/C15H18FN3/c16-10-2-6-14-13(8-10)18-15(19(14)12-4-5-12)9-1-3-11(17)7-9/h2,6,8-9,11-12H,1,3-5,7,17H2/t9-,11+/m1/s1. The Kier molecular flexibility index (Phi) is 2.42. The predicted molar refractivity (Wildman–Crippen MR) is 72.5 cm³/mol. The Morgan fingerprint density at radius 3 is 2.74 bits per heavy atom. The fraction of sp³-hybridized carbons (Fsp3) is 0.533. The van der Waals surface area contributed by atoms with Crippen molar-refractivity contribution >= 4 is 11.0 Å². The van der Waals surface area contributed by atoms with E-state index in [0.29, 0.717) is 18.0 Å². The predicted octanol–water partition coefficient (Wildman–Crippen LogP) is 3.11. The molecule has 0 bridgehead atoms. The number of imidazole rings is 1. The average molecular weight is 259 g/mol. The van der Waals surface area contributed by atoms with E-state index >= 15 is 0 Å². The van der Waals surface area contributed by atoms with E-state index in [0.717, 1.165) is 36.1 Å². The number of halogens is 1. The molecule has 0 saturated heterocycles. The maximum Gasteiger partial charge on any atom is 0.125 e. The number of nitrogens with zero attached hydrogens (tertiary/aromatic N) is 2. The van der Waals surface area contributed by atoms with Crippen LogP contribution in [0.25, 0.3) is 11.0 Å². The molecule has 2 fully saturated rings. The molecule has 1 heterocycles. The third-order valence-corrected chi connectivity index (χ3v) is 4.43. The Balaban J connectivity index is 1.86.